The van der Waals surface area contributed by atoms with Crippen molar-refractivity contribution in [3.8, 4) is 0 Å². The Bertz CT molecular complexity index is 877. The molecule has 0 saturated carbocycles. The van der Waals surface area contributed by atoms with Crippen molar-refractivity contribution in [2.75, 3.05) is 5.32 Å². The zero-order valence-electron chi connectivity index (χ0n) is 14.5. The Balaban J connectivity index is 2.17. The Morgan fingerprint density at radius 2 is 2.19 bits per heavy atom. The molecule has 7 nitrogen and oxygen atoms in total. The molecule has 0 fully saturated rings. The predicted molar refractivity (Wildman–Crippen MR) is 97.5 cm³/mol. The first-order valence-electron chi connectivity index (χ1n) is 7.85. The Labute approximate surface area is 154 Å². The van der Waals surface area contributed by atoms with E-state index in [4.69, 9.17) is 11.6 Å². The zero-order chi connectivity index (χ0) is 19.4. The van der Waals surface area contributed by atoms with Crippen molar-refractivity contribution in [1.29, 1.82) is 0 Å². The van der Waals surface area contributed by atoms with Crippen LogP contribution in [0.5, 0.6) is 0 Å². The van der Waals surface area contributed by atoms with Gasteiger partial charge in [-0.2, -0.15) is 5.10 Å². The largest absolute Gasteiger partial charge is 0.320 e. The molecule has 9 heteroatoms. The summed E-state index contributed by atoms with van der Waals surface area (Å²) in [4.78, 5) is 22.1. The van der Waals surface area contributed by atoms with Crippen LogP contribution in [0.25, 0.3) is 6.08 Å². The lowest BCUT2D eigenvalue weighted by Crippen LogP contribution is -2.09. The summed E-state index contributed by atoms with van der Waals surface area (Å²) < 4.78 is 15.4. The molecule has 1 aromatic heterocycles. The van der Waals surface area contributed by atoms with Gasteiger partial charge in [-0.05, 0) is 25.0 Å². The van der Waals surface area contributed by atoms with E-state index in [1.807, 2.05) is 13.8 Å². The topological polar surface area (TPSA) is 90.1 Å². The number of carbonyl (C=O) groups excluding carboxylic acids is 1. The molecule has 26 heavy (non-hydrogen) atoms. The van der Waals surface area contributed by atoms with Gasteiger partial charge in [-0.3, -0.25) is 19.6 Å². The maximum atomic E-state index is 13.7. The summed E-state index contributed by atoms with van der Waals surface area (Å²) in [5, 5.41) is 17.8. The second kappa shape index (κ2) is 8.09. The van der Waals surface area contributed by atoms with E-state index in [0.717, 1.165) is 18.2 Å². The number of benzene rings is 1. The third-order valence-electron chi connectivity index (χ3n) is 3.47. The molecule has 2 aromatic rings. The molecular formula is C17H18ClFN4O3. The number of rotatable bonds is 6. The van der Waals surface area contributed by atoms with Gasteiger partial charge in [-0.25, -0.2) is 4.39 Å². The van der Waals surface area contributed by atoms with Crippen molar-refractivity contribution in [3.63, 3.8) is 0 Å². The lowest BCUT2D eigenvalue weighted by molar-refractivity contribution is -0.384. The molecule has 2 rings (SSSR count). The molecule has 0 aliphatic rings. The fourth-order valence-electron chi connectivity index (χ4n) is 2.28. The first-order chi connectivity index (χ1) is 12.2. The molecule has 138 valence electrons. The zero-order valence-corrected chi connectivity index (χ0v) is 15.2. The minimum atomic E-state index is -0.767. The van der Waals surface area contributed by atoms with E-state index in [2.05, 4.69) is 10.4 Å². The van der Waals surface area contributed by atoms with Gasteiger partial charge in [0.2, 0.25) is 5.91 Å². The van der Waals surface area contributed by atoms with Gasteiger partial charge in [0.15, 0.2) is 0 Å². The molecule has 0 saturated heterocycles. The van der Waals surface area contributed by atoms with Gasteiger partial charge in [0.05, 0.1) is 16.3 Å². The van der Waals surface area contributed by atoms with Crippen molar-refractivity contribution in [2.24, 2.45) is 5.92 Å². The number of hydrogen-bond acceptors (Lipinski definition) is 4. The van der Waals surface area contributed by atoms with Crippen molar-refractivity contribution < 1.29 is 14.1 Å². The second-order valence-electron chi connectivity index (χ2n) is 6.11. The minimum absolute atomic E-state index is 0.271. The van der Waals surface area contributed by atoms with Crippen LogP contribution in [-0.2, 0) is 11.3 Å². The molecule has 1 aromatic carbocycles. The summed E-state index contributed by atoms with van der Waals surface area (Å²) in [5.74, 6) is -1.06. The maximum Gasteiger partial charge on any atom is 0.271 e. The van der Waals surface area contributed by atoms with Crippen LogP contribution in [0.4, 0.5) is 15.8 Å². The quantitative estimate of drug-likeness (QED) is 0.462. The Morgan fingerprint density at radius 1 is 1.50 bits per heavy atom. The third-order valence-corrected chi connectivity index (χ3v) is 3.87. The molecule has 0 unspecified atom stereocenters. The lowest BCUT2D eigenvalue weighted by atomic mass is 10.2. The summed E-state index contributed by atoms with van der Waals surface area (Å²) in [6.07, 6.45) is 2.65. The van der Waals surface area contributed by atoms with E-state index in [1.54, 1.807) is 11.6 Å². The third kappa shape index (κ3) is 4.66. The van der Waals surface area contributed by atoms with Crippen molar-refractivity contribution in [3.05, 3.63) is 56.6 Å². The number of aromatic nitrogens is 2. The number of hydrogen-bond donors (Lipinski definition) is 1. The number of nitro benzene ring substituents is 1. The highest BCUT2D eigenvalue weighted by Crippen LogP contribution is 2.23. The molecule has 0 spiro atoms. The number of anilines is 1. The standard InChI is InChI=1S/C17H18ClFN4O3/c1-10(2)9-22-17(18)13(11(3)21-22)5-7-16(24)20-15-8-12(23(25)26)4-6-14(15)19/h4-8,10H,9H2,1-3H3,(H,20,24)/b7-5+. The van der Waals surface area contributed by atoms with Crippen molar-refractivity contribution in [1.82, 2.24) is 9.78 Å². The number of amides is 1. The molecule has 0 aliphatic carbocycles. The van der Waals surface area contributed by atoms with E-state index in [9.17, 15) is 19.3 Å². The van der Waals surface area contributed by atoms with Gasteiger partial charge in [-0.1, -0.05) is 25.4 Å². The average molecular weight is 381 g/mol. The highest BCUT2D eigenvalue weighted by Gasteiger charge is 2.14. The summed E-state index contributed by atoms with van der Waals surface area (Å²) >= 11 is 6.28. The number of nitrogens with zero attached hydrogens (tertiary/aromatic N) is 3. The summed E-state index contributed by atoms with van der Waals surface area (Å²) in [6, 6.07) is 2.90. The van der Waals surface area contributed by atoms with Gasteiger partial charge >= 0.3 is 0 Å². The number of halogens is 2. The molecule has 1 heterocycles. The van der Waals surface area contributed by atoms with E-state index in [0.29, 0.717) is 28.9 Å². The normalized spacial score (nSPS) is 11.3. The molecule has 1 N–H and O–H groups in total. The SMILES string of the molecule is Cc1nn(CC(C)C)c(Cl)c1/C=C/C(=O)Nc1cc([N+](=O)[O-])ccc1F. The van der Waals surface area contributed by atoms with Crippen LogP contribution >= 0.6 is 11.6 Å². The summed E-state index contributed by atoms with van der Waals surface area (Å²) in [6.45, 7) is 6.47. The lowest BCUT2D eigenvalue weighted by Gasteiger charge is -2.05. The number of nitrogens with one attached hydrogen (secondary N) is 1. The van der Waals surface area contributed by atoms with Crippen LogP contribution in [0.1, 0.15) is 25.1 Å². The fourth-order valence-corrected chi connectivity index (χ4v) is 2.59. The fraction of sp³-hybridized carbons (Fsp3) is 0.294. The van der Waals surface area contributed by atoms with Crippen LogP contribution < -0.4 is 5.32 Å². The van der Waals surface area contributed by atoms with Gasteiger partial charge in [0, 0.05) is 30.3 Å². The monoisotopic (exact) mass is 380 g/mol. The minimum Gasteiger partial charge on any atom is -0.320 e. The van der Waals surface area contributed by atoms with Gasteiger partial charge in [-0.15, -0.1) is 0 Å². The number of aryl methyl sites for hydroxylation is 1. The van der Waals surface area contributed by atoms with Crippen molar-refractivity contribution in [2.45, 2.75) is 27.3 Å². The molecule has 0 atom stereocenters. The Hall–Kier alpha value is -2.74. The van der Waals surface area contributed by atoms with E-state index < -0.39 is 16.6 Å². The first kappa shape index (κ1) is 19.6. The smallest absolute Gasteiger partial charge is 0.271 e. The van der Waals surface area contributed by atoms with Gasteiger partial charge < -0.3 is 5.32 Å². The number of non-ortho nitro benzene ring substituents is 1. The summed E-state index contributed by atoms with van der Waals surface area (Å²) in [7, 11) is 0. The van der Waals surface area contributed by atoms with Crippen LogP contribution in [0, 0.1) is 28.8 Å². The van der Waals surface area contributed by atoms with Crippen LogP contribution in [-0.4, -0.2) is 20.6 Å². The van der Waals surface area contributed by atoms with Gasteiger partial charge in [0.1, 0.15) is 11.0 Å². The molecule has 0 bridgehead atoms. The Morgan fingerprint density at radius 3 is 2.81 bits per heavy atom. The van der Waals surface area contributed by atoms with E-state index in [-0.39, 0.29) is 11.4 Å². The Kier molecular flexibility index (Phi) is 6.10. The second-order valence-corrected chi connectivity index (χ2v) is 6.47. The molecular weight excluding hydrogens is 363 g/mol. The van der Waals surface area contributed by atoms with Crippen LogP contribution in [0.3, 0.4) is 0 Å². The highest BCUT2D eigenvalue weighted by atomic mass is 35.5. The number of nitro groups is 1. The average Bonchev–Trinajstić information content (AvgIpc) is 2.80. The van der Waals surface area contributed by atoms with E-state index in [1.165, 1.54) is 12.2 Å². The van der Waals surface area contributed by atoms with Crippen LogP contribution in [0.15, 0.2) is 24.3 Å². The first-order valence-corrected chi connectivity index (χ1v) is 8.22. The summed E-state index contributed by atoms with van der Waals surface area (Å²) in [5.41, 5.74) is 0.648. The maximum absolute atomic E-state index is 13.7. The predicted octanol–water partition coefficient (Wildman–Crippen LogP) is 4.20. The van der Waals surface area contributed by atoms with Gasteiger partial charge in [0.25, 0.3) is 5.69 Å². The molecule has 0 aliphatic heterocycles. The van der Waals surface area contributed by atoms with Crippen LogP contribution in [0.2, 0.25) is 5.15 Å². The number of carbonyl (C=O) groups is 1. The van der Waals surface area contributed by atoms with E-state index >= 15 is 0 Å². The molecule has 0 radical (unpaired) electrons. The van der Waals surface area contributed by atoms with Crippen molar-refractivity contribution >= 4 is 35.0 Å². The highest BCUT2D eigenvalue weighted by molar-refractivity contribution is 6.31. The molecule has 1 amide bonds.